The van der Waals surface area contributed by atoms with Crippen molar-refractivity contribution in [2.75, 3.05) is 31.6 Å². The van der Waals surface area contributed by atoms with Gasteiger partial charge in [0, 0.05) is 41.2 Å². The summed E-state index contributed by atoms with van der Waals surface area (Å²) in [6.45, 7) is 3.06. The van der Waals surface area contributed by atoms with Gasteiger partial charge in [-0.05, 0) is 42.8 Å². The molecule has 0 spiro atoms. The molecule has 0 radical (unpaired) electrons. The fraction of sp³-hybridized carbons (Fsp3) is 0.208. The number of morpholine rings is 1. The van der Waals surface area contributed by atoms with Crippen LogP contribution in [0.25, 0.3) is 21.9 Å². The van der Waals surface area contributed by atoms with Gasteiger partial charge in [0.15, 0.2) is 0 Å². The molecule has 3 aromatic carbocycles. The van der Waals surface area contributed by atoms with Crippen LogP contribution in [-0.2, 0) is 14.8 Å². The molecule has 0 aliphatic carbocycles. The van der Waals surface area contributed by atoms with Crippen molar-refractivity contribution >= 4 is 43.6 Å². The second-order valence-corrected chi connectivity index (χ2v) is 9.67. The van der Waals surface area contributed by atoms with Crippen molar-refractivity contribution in [1.29, 1.82) is 0 Å². The molecule has 164 valence electrons. The van der Waals surface area contributed by atoms with Crippen molar-refractivity contribution in [2.45, 2.75) is 11.8 Å². The molecule has 1 aliphatic heterocycles. The lowest BCUT2D eigenvalue weighted by molar-refractivity contribution is 0.0730. The molecule has 0 saturated carbocycles. The Bertz CT molecular complexity index is 1440. The SMILES string of the molecule is Cc1ccc(C(=O)Nc2ccc3c(c2)oc2ccccc23)cc1S(=O)(=O)N1CCOCC1. The summed E-state index contributed by atoms with van der Waals surface area (Å²) in [5.41, 5.74) is 2.88. The number of sulfonamides is 1. The molecule has 1 amide bonds. The normalized spacial score (nSPS) is 15.3. The first-order valence-electron chi connectivity index (χ1n) is 10.3. The number of benzene rings is 3. The van der Waals surface area contributed by atoms with E-state index in [0.717, 1.165) is 16.4 Å². The predicted octanol–water partition coefficient (Wildman–Crippen LogP) is 4.17. The third kappa shape index (κ3) is 3.66. The van der Waals surface area contributed by atoms with Gasteiger partial charge in [0.1, 0.15) is 11.2 Å². The lowest BCUT2D eigenvalue weighted by atomic mass is 10.1. The molecule has 32 heavy (non-hydrogen) atoms. The highest BCUT2D eigenvalue weighted by Gasteiger charge is 2.28. The summed E-state index contributed by atoms with van der Waals surface area (Å²) in [7, 11) is -3.71. The van der Waals surface area contributed by atoms with Crippen LogP contribution in [-0.4, -0.2) is 44.9 Å². The summed E-state index contributed by atoms with van der Waals surface area (Å²) >= 11 is 0. The maximum Gasteiger partial charge on any atom is 0.255 e. The van der Waals surface area contributed by atoms with Gasteiger partial charge in [-0.2, -0.15) is 4.31 Å². The first-order valence-corrected chi connectivity index (χ1v) is 11.8. The molecule has 8 heteroatoms. The van der Waals surface area contributed by atoms with Crippen LogP contribution in [0.4, 0.5) is 5.69 Å². The maximum absolute atomic E-state index is 13.1. The number of para-hydroxylation sites is 1. The summed E-state index contributed by atoms with van der Waals surface area (Å²) in [5, 5.41) is 4.82. The first-order chi connectivity index (χ1) is 15.4. The summed E-state index contributed by atoms with van der Waals surface area (Å²) in [5.74, 6) is -0.390. The number of aryl methyl sites for hydroxylation is 1. The number of fused-ring (bicyclic) bond motifs is 3. The molecule has 0 bridgehead atoms. The van der Waals surface area contributed by atoms with Crippen LogP contribution in [0.2, 0.25) is 0 Å². The van der Waals surface area contributed by atoms with Gasteiger partial charge >= 0.3 is 0 Å². The lowest BCUT2D eigenvalue weighted by Crippen LogP contribution is -2.40. The second-order valence-electron chi connectivity index (χ2n) is 7.76. The molecule has 1 saturated heterocycles. The number of anilines is 1. The Balaban J connectivity index is 1.43. The molecule has 7 nitrogen and oxygen atoms in total. The molecule has 1 aliphatic rings. The highest BCUT2D eigenvalue weighted by Crippen LogP contribution is 2.30. The molecule has 0 unspecified atom stereocenters. The number of ether oxygens (including phenoxy) is 1. The lowest BCUT2D eigenvalue weighted by Gasteiger charge is -2.26. The summed E-state index contributed by atoms with van der Waals surface area (Å²) in [4.78, 5) is 13.1. The molecule has 4 aromatic rings. The summed E-state index contributed by atoms with van der Waals surface area (Å²) < 4.78 is 38.7. The number of hydrogen-bond acceptors (Lipinski definition) is 5. The zero-order valence-electron chi connectivity index (χ0n) is 17.5. The van der Waals surface area contributed by atoms with Crippen LogP contribution in [0, 0.1) is 6.92 Å². The molecule has 2 heterocycles. The molecule has 5 rings (SSSR count). The highest BCUT2D eigenvalue weighted by molar-refractivity contribution is 7.89. The van der Waals surface area contributed by atoms with Crippen LogP contribution in [0.15, 0.2) is 70.0 Å². The molecular formula is C24H22N2O5S. The molecule has 1 N–H and O–H groups in total. The van der Waals surface area contributed by atoms with E-state index in [9.17, 15) is 13.2 Å². The number of carbonyl (C=O) groups is 1. The second kappa shape index (κ2) is 8.05. The van der Waals surface area contributed by atoms with E-state index in [-0.39, 0.29) is 16.4 Å². The van der Waals surface area contributed by atoms with Gasteiger partial charge in [-0.25, -0.2) is 8.42 Å². The number of amides is 1. The van der Waals surface area contributed by atoms with Crippen molar-refractivity contribution in [1.82, 2.24) is 4.31 Å². The topological polar surface area (TPSA) is 88.8 Å². The monoisotopic (exact) mass is 450 g/mol. The van der Waals surface area contributed by atoms with Crippen molar-refractivity contribution in [2.24, 2.45) is 0 Å². The minimum absolute atomic E-state index is 0.139. The van der Waals surface area contributed by atoms with Gasteiger partial charge < -0.3 is 14.5 Å². The van der Waals surface area contributed by atoms with E-state index in [4.69, 9.17) is 9.15 Å². The predicted molar refractivity (Wildman–Crippen MR) is 122 cm³/mol. The van der Waals surface area contributed by atoms with Crippen molar-refractivity contribution in [3.8, 4) is 0 Å². The smallest absolute Gasteiger partial charge is 0.255 e. The molecule has 1 aromatic heterocycles. The van der Waals surface area contributed by atoms with E-state index in [1.165, 1.54) is 10.4 Å². The zero-order valence-corrected chi connectivity index (χ0v) is 18.3. The van der Waals surface area contributed by atoms with Gasteiger partial charge in [0.05, 0.1) is 18.1 Å². The first kappa shape index (κ1) is 20.7. The number of nitrogens with zero attached hydrogens (tertiary/aromatic N) is 1. The fourth-order valence-corrected chi connectivity index (χ4v) is 5.61. The Morgan fingerprint density at radius 1 is 0.938 bits per heavy atom. The average molecular weight is 451 g/mol. The minimum atomic E-state index is -3.71. The van der Waals surface area contributed by atoms with Gasteiger partial charge in [-0.15, -0.1) is 0 Å². The van der Waals surface area contributed by atoms with E-state index >= 15 is 0 Å². The maximum atomic E-state index is 13.1. The Labute approximate surface area is 185 Å². The van der Waals surface area contributed by atoms with Crippen molar-refractivity contribution in [3.63, 3.8) is 0 Å². The summed E-state index contributed by atoms with van der Waals surface area (Å²) in [6.07, 6.45) is 0. The Kier molecular flexibility index (Phi) is 5.21. The number of rotatable bonds is 4. The van der Waals surface area contributed by atoms with Crippen LogP contribution in [0.5, 0.6) is 0 Å². The molecule has 1 fully saturated rings. The minimum Gasteiger partial charge on any atom is -0.456 e. The van der Waals surface area contributed by atoms with E-state index in [1.807, 2.05) is 36.4 Å². The highest BCUT2D eigenvalue weighted by atomic mass is 32.2. The quantitative estimate of drug-likeness (QED) is 0.504. The van der Waals surface area contributed by atoms with E-state index in [1.54, 1.807) is 25.1 Å². The van der Waals surface area contributed by atoms with Gasteiger partial charge in [0.25, 0.3) is 5.91 Å². The fourth-order valence-electron chi connectivity index (χ4n) is 3.95. The number of nitrogens with one attached hydrogen (secondary N) is 1. The zero-order chi connectivity index (χ0) is 22.3. The van der Waals surface area contributed by atoms with E-state index in [2.05, 4.69) is 5.32 Å². The standard InChI is InChI=1S/C24H22N2O5S/c1-16-6-7-17(14-23(16)32(28,29)26-10-12-30-13-11-26)24(27)25-18-8-9-20-19-4-2-3-5-21(19)31-22(20)15-18/h2-9,14-15H,10-13H2,1H3,(H,25,27). The van der Waals surface area contributed by atoms with Gasteiger partial charge in [-0.1, -0.05) is 24.3 Å². The number of hydrogen-bond donors (Lipinski definition) is 1. The van der Waals surface area contributed by atoms with Crippen LogP contribution < -0.4 is 5.32 Å². The average Bonchev–Trinajstić information content (AvgIpc) is 3.17. The van der Waals surface area contributed by atoms with Gasteiger partial charge in [0.2, 0.25) is 10.0 Å². The largest absolute Gasteiger partial charge is 0.456 e. The van der Waals surface area contributed by atoms with E-state index in [0.29, 0.717) is 43.1 Å². The van der Waals surface area contributed by atoms with Crippen LogP contribution in [0.3, 0.4) is 0 Å². The Hall–Kier alpha value is -3.20. The summed E-state index contributed by atoms with van der Waals surface area (Å²) in [6, 6.07) is 18.0. The van der Waals surface area contributed by atoms with E-state index < -0.39 is 10.0 Å². The number of carbonyl (C=O) groups excluding carboxylic acids is 1. The third-order valence-electron chi connectivity index (χ3n) is 5.67. The third-order valence-corrected chi connectivity index (χ3v) is 7.72. The van der Waals surface area contributed by atoms with Crippen LogP contribution in [0.1, 0.15) is 15.9 Å². The Morgan fingerprint density at radius 3 is 2.50 bits per heavy atom. The Morgan fingerprint density at radius 2 is 1.69 bits per heavy atom. The van der Waals surface area contributed by atoms with Crippen molar-refractivity contribution in [3.05, 3.63) is 71.8 Å². The van der Waals surface area contributed by atoms with Crippen molar-refractivity contribution < 1.29 is 22.4 Å². The van der Waals surface area contributed by atoms with Gasteiger partial charge in [-0.3, -0.25) is 4.79 Å². The number of furan rings is 1. The van der Waals surface area contributed by atoms with Crippen LogP contribution >= 0.6 is 0 Å². The molecule has 0 atom stereocenters. The molecular weight excluding hydrogens is 428 g/mol.